The molecule has 1 amide bonds. The number of hydrogen-bond donors (Lipinski definition) is 1. The van der Waals surface area contributed by atoms with Crippen molar-refractivity contribution >= 4 is 23.0 Å². The zero-order valence-electron chi connectivity index (χ0n) is 13.7. The molecule has 6 nitrogen and oxygen atoms in total. The lowest BCUT2D eigenvalue weighted by molar-refractivity contribution is -0.384. The SMILES string of the molecule is O=C1[C@H]2CCC[C@H]2Nc2cc([N+](=O)[O-])ccc2N1Cc1ccccc1. The van der Waals surface area contributed by atoms with Crippen LogP contribution in [-0.2, 0) is 11.3 Å². The number of rotatable bonds is 3. The molecule has 0 spiro atoms. The summed E-state index contributed by atoms with van der Waals surface area (Å²) in [5, 5.41) is 14.5. The van der Waals surface area contributed by atoms with Crippen LogP contribution < -0.4 is 10.2 Å². The summed E-state index contributed by atoms with van der Waals surface area (Å²) in [6.07, 6.45) is 2.77. The summed E-state index contributed by atoms with van der Waals surface area (Å²) >= 11 is 0. The van der Waals surface area contributed by atoms with Gasteiger partial charge in [0.15, 0.2) is 0 Å². The Balaban J connectivity index is 1.78. The highest BCUT2D eigenvalue weighted by Gasteiger charge is 2.40. The number of anilines is 2. The predicted molar refractivity (Wildman–Crippen MR) is 95.5 cm³/mol. The molecule has 1 saturated carbocycles. The fourth-order valence-electron chi connectivity index (χ4n) is 3.86. The van der Waals surface area contributed by atoms with Crippen LogP contribution in [0, 0.1) is 16.0 Å². The Morgan fingerprint density at radius 2 is 1.96 bits per heavy atom. The Morgan fingerprint density at radius 3 is 2.72 bits per heavy atom. The zero-order valence-corrected chi connectivity index (χ0v) is 13.7. The van der Waals surface area contributed by atoms with Gasteiger partial charge in [-0.15, -0.1) is 0 Å². The van der Waals surface area contributed by atoms with E-state index in [0.29, 0.717) is 17.9 Å². The van der Waals surface area contributed by atoms with E-state index in [2.05, 4.69) is 5.32 Å². The van der Waals surface area contributed by atoms with Crippen LogP contribution in [0.2, 0.25) is 0 Å². The summed E-state index contributed by atoms with van der Waals surface area (Å²) in [5.74, 6) is 0.0293. The molecule has 1 fully saturated rings. The Kier molecular flexibility index (Phi) is 3.87. The lowest BCUT2D eigenvalue weighted by atomic mass is 10.0. The lowest BCUT2D eigenvalue weighted by Gasteiger charge is -2.25. The monoisotopic (exact) mass is 337 g/mol. The van der Waals surface area contributed by atoms with E-state index < -0.39 is 4.92 Å². The molecule has 1 N–H and O–H groups in total. The standard InChI is InChI=1S/C19H19N3O3/c23-19-15-7-4-8-16(15)20-17-11-14(22(24)25)9-10-18(17)21(19)12-13-5-2-1-3-6-13/h1-3,5-6,9-11,15-16,20H,4,7-8,12H2/t15-,16+/m0/s1. The van der Waals surface area contributed by atoms with Gasteiger partial charge in [-0.05, 0) is 24.5 Å². The van der Waals surface area contributed by atoms with Crippen molar-refractivity contribution in [3.8, 4) is 0 Å². The average molecular weight is 337 g/mol. The predicted octanol–water partition coefficient (Wildman–Crippen LogP) is 3.72. The number of nitro groups is 1. The van der Waals surface area contributed by atoms with Gasteiger partial charge in [-0.25, -0.2) is 0 Å². The van der Waals surface area contributed by atoms with Crippen LogP contribution in [0.15, 0.2) is 48.5 Å². The van der Waals surface area contributed by atoms with Crippen molar-refractivity contribution in [2.24, 2.45) is 5.92 Å². The maximum absolute atomic E-state index is 13.2. The van der Waals surface area contributed by atoms with Gasteiger partial charge in [0.25, 0.3) is 5.69 Å². The summed E-state index contributed by atoms with van der Waals surface area (Å²) in [4.78, 5) is 25.7. The number of nitrogens with one attached hydrogen (secondary N) is 1. The maximum atomic E-state index is 13.2. The average Bonchev–Trinajstić information content (AvgIpc) is 3.04. The number of carbonyl (C=O) groups excluding carboxylic acids is 1. The van der Waals surface area contributed by atoms with Gasteiger partial charge < -0.3 is 10.2 Å². The van der Waals surface area contributed by atoms with E-state index in [0.717, 1.165) is 24.8 Å². The number of fused-ring (bicyclic) bond motifs is 2. The van der Waals surface area contributed by atoms with E-state index >= 15 is 0 Å². The number of carbonyl (C=O) groups is 1. The van der Waals surface area contributed by atoms with Crippen molar-refractivity contribution in [2.75, 3.05) is 10.2 Å². The molecule has 0 unspecified atom stereocenters. The van der Waals surface area contributed by atoms with Crippen LogP contribution >= 0.6 is 0 Å². The minimum atomic E-state index is -0.400. The normalized spacial score (nSPS) is 21.9. The van der Waals surface area contributed by atoms with Crippen LogP contribution in [-0.4, -0.2) is 16.9 Å². The van der Waals surface area contributed by atoms with E-state index in [-0.39, 0.29) is 23.6 Å². The molecule has 0 aromatic heterocycles. The third-order valence-corrected chi connectivity index (χ3v) is 5.11. The summed E-state index contributed by atoms with van der Waals surface area (Å²) in [6, 6.07) is 14.6. The summed E-state index contributed by atoms with van der Waals surface area (Å²) in [5.41, 5.74) is 2.47. The van der Waals surface area contributed by atoms with E-state index in [4.69, 9.17) is 0 Å². The van der Waals surface area contributed by atoms with Crippen molar-refractivity contribution in [3.63, 3.8) is 0 Å². The fourth-order valence-corrected chi connectivity index (χ4v) is 3.86. The van der Waals surface area contributed by atoms with Crippen molar-refractivity contribution in [2.45, 2.75) is 31.8 Å². The maximum Gasteiger partial charge on any atom is 0.271 e. The molecule has 128 valence electrons. The number of nitro benzene ring substituents is 1. The number of hydrogen-bond acceptors (Lipinski definition) is 4. The van der Waals surface area contributed by atoms with E-state index in [1.807, 2.05) is 30.3 Å². The van der Waals surface area contributed by atoms with E-state index in [1.54, 1.807) is 17.0 Å². The summed E-state index contributed by atoms with van der Waals surface area (Å²) in [6.45, 7) is 0.468. The van der Waals surface area contributed by atoms with Crippen LogP contribution in [0.5, 0.6) is 0 Å². The summed E-state index contributed by atoms with van der Waals surface area (Å²) < 4.78 is 0. The van der Waals surface area contributed by atoms with Gasteiger partial charge in [-0.3, -0.25) is 14.9 Å². The molecule has 2 aromatic rings. The Morgan fingerprint density at radius 1 is 1.16 bits per heavy atom. The highest BCUT2D eigenvalue weighted by Crippen LogP contribution is 2.40. The molecule has 1 aliphatic carbocycles. The van der Waals surface area contributed by atoms with Crippen molar-refractivity contribution < 1.29 is 9.72 Å². The first kappa shape index (κ1) is 15.6. The first-order valence-corrected chi connectivity index (χ1v) is 8.54. The smallest absolute Gasteiger partial charge is 0.271 e. The molecule has 1 heterocycles. The van der Waals surface area contributed by atoms with Crippen molar-refractivity contribution in [3.05, 3.63) is 64.2 Å². The Hall–Kier alpha value is -2.89. The third kappa shape index (κ3) is 2.84. The highest BCUT2D eigenvalue weighted by atomic mass is 16.6. The second-order valence-corrected chi connectivity index (χ2v) is 6.66. The van der Waals surface area contributed by atoms with Gasteiger partial charge in [0.05, 0.1) is 28.8 Å². The fraction of sp³-hybridized carbons (Fsp3) is 0.316. The molecular formula is C19H19N3O3. The molecule has 6 heteroatoms. The molecule has 0 radical (unpaired) electrons. The minimum Gasteiger partial charge on any atom is -0.380 e. The van der Waals surface area contributed by atoms with Gasteiger partial charge in [0.2, 0.25) is 5.91 Å². The number of amides is 1. The molecule has 0 saturated heterocycles. The second kappa shape index (κ2) is 6.20. The molecule has 2 aromatic carbocycles. The van der Waals surface area contributed by atoms with Gasteiger partial charge in [-0.1, -0.05) is 36.8 Å². The molecule has 2 aliphatic rings. The number of nitrogens with zero attached hydrogens (tertiary/aromatic N) is 2. The molecule has 25 heavy (non-hydrogen) atoms. The minimum absolute atomic E-state index is 0.0369. The molecular weight excluding hydrogens is 318 g/mol. The first-order valence-electron chi connectivity index (χ1n) is 8.54. The topological polar surface area (TPSA) is 75.5 Å². The van der Waals surface area contributed by atoms with Gasteiger partial charge in [0.1, 0.15) is 0 Å². The quantitative estimate of drug-likeness (QED) is 0.684. The van der Waals surface area contributed by atoms with Crippen LogP contribution in [0.1, 0.15) is 24.8 Å². The lowest BCUT2D eigenvalue weighted by Crippen LogP contribution is -2.38. The van der Waals surface area contributed by atoms with Crippen LogP contribution in [0.3, 0.4) is 0 Å². The van der Waals surface area contributed by atoms with Gasteiger partial charge >= 0.3 is 0 Å². The van der Waals surface area contributed by atoms with Crippen LogP contribution in [0.4, 0.5) is 17.1 Å². The molecule has 4 rings (SSSR count). The largest absolute Gasteiger partial charge is 0.380 e. The Labute approximate surface area is 145 Å². The van der Waals surface area contributed by atoms with E-state index in [1.165, 1.54) is 6.07 Å². The molecule has 0 bridgehead atoms. The summed E-state index contributed by atoms with van der Waals surface area (Å²) in [7, 11) is 0. The molecule has 2 atom stereocenters. The number of non-ortho nitro benzene ring substituents is 1. The first-order chi connectivity index (χ1) is 12.1. The van der Waals surface area contributed by atoms with Crippen LogP contribution in [0.25, 0.3) is 0 Å². The van der Waals surface area contributed by atoms with E-state index in [9.17, 15) is 14.9 Å². The van der Waals surface area contributed by atoms with Crippen molar-refractivity contribution in [1.82, 2.24) is 0 Å². The zero-order chi connectivity index (χ0) is 17.4. The molecule has 1 aliphatic heterocycles. The Bertz CT molecular complexity index is 822. The highest BCUT2D eigenvalue weighted by molar-refractivity contribution is 6.00. The third-order valence-electron chi connectivity index (χ3n) is 5.11. The number of benzene rings is 2. The van der Waals surface area contributed by atoms with Gasteiger partial charge in [0, 0.05) is 18.2 Å². The second-order valence-electron chi connectivity index (χ2n) is 6.66. The van der Waals surface area contributed by atoms with Crippen molar-refractivity contribution in [1.29, 1.82) is 0 Å². The van der Waals surface area contributed by atoms with Gasteiger partial charge in [-0.2, -0.15) is 0 Å².